The Kier molecular flexibility index (Phi) is 8.90. The second-order valence-corrected chi connectivity index (χ2v) is 7.90. The van der Waals surface area contributed by atoms with Crippen molar-refractivity contribution in [3.8, 4) is 5.75 Å². The fourth-order valence-electron chi connectivity index (χ4n) is 3.26. The van der Waals surface area contributed by atoms with Crippen molar-refractivity contribution in [2.45, 2.75) is 59.5 Å². The highest BCUT2D eigenvalue weighted by Crippen LogP contribution is 2.26. The lowest BCUT2D eigenvalue weighted by atomic mass is 10.0. The highest BCUT2D eigenvalue weighted by Gasteiger charge is 2.27. The smallest absolute Gasteiger partial charge is 0.261 e. The molecule has 162 valence electrons. The zero-order chi connectivity index (χ0) is 22.1. The summed E-state index contributed by atoms with van der Waals surface area (Å²) >= 11 is 0. The van der Waals surface area contributed by atoms with Gasteiger partial charge in [0.2, 0.25) is 5.91 Å². The molecular weight excluding hydrogens is 376 g/mol. The highest BCUT2D eigenvalue weighted by atomic mass is 16.5. The van der Waals surface area contributed by atoms with Crippen molar-refractivity contribution in [1.29, 1.82) is 0 Å². The predicted octanol–water partition coefficient (Wildman–Crippen LogP) is 4.44. The van der Waals surface area contributed by atoms with Crippen LogP contribution in [0.2, 0.25) is 0 Å². The van der Waals surface area contributed by atoms with E-state index in [1.54, 1.807) is 11.8 Å². The maximum absolute atomic E-state index is 13.2. The molecule has 0 fully saturated rings. The molecule has 2 aromatic rings. The molecule has 2 rings (SSSR count). The molecule has 0 heterocycles. The number of benzene rings is 2. The van der Waals surface area contributed by atoms with Crippen LogP contribution in [0.4, 0.5) is 0 Å². The molecule has 0 unspecified atom stereocenters. The van der Waals surface area contributed by atoms with Crippen LogP contribution in [-0.2, 0) is 16.1 Å². The molecule has 5 heteroatoms. The van der Waals surface area contributed by atoms with Gasteiger partial charge in [0.1, 0.15) is 11.8 Å². The molecule has 0 spiro atoms. The van der Waals surface area contributed by atoms with Gasteiger partial charge < -0.3 is 15.0 Å². The van der Waals surface area contributed by atoms with Gasteiger partial charge in [-0.25, -0.2) is 0 Å². The third kappa shape index (κ3) is 6.34. The number of nitrogens with one attached hydrogen (secondary N) is 1. The molecule has 2 aromatic carbocycles. The number of para-hydroxylation sites is 1. The van der Waals surface area contributed by atoms with Gasteiger partial charge in [-0.05, 0) is 48.9 Å². The van der Waals surface area contributed by atoms with Crippen LogP contribution in [0.15, 0.2) is 48.5 Å². The number of hydrogen-bond donors (Lipinski definition) is 1. The Hall–Kier alpha value is -2.82. The standard InChI is InChI=1S/C25H34N2O3/c1-6-15-26-25(29)20(5)27(16-21-12-8-7-11-19(21)4)24(28)17-30-23-14-10-9-13-22(23)18(2)3/h7-14,18,20H,6,15-17H2,1-5H3,(H,26,29)/t20-/m0/s1. The lowest BCUT2D eigenvalue weighted by molar-refractivity contribution is -0.142. The van der Waals surface area contributed by atoms with Gasteiger partial charge in [-0.1, -0.05) is 63.2 Å². The lowest BCUT2D eigenvalue weighted by Gasteiger charge is -2.29. The van der Waals surface area contributed by atoms with E-state index in [-0.39, 0.29) is 24.3 Å². The number of rotatable bonds is 10. The number of nitrogens with zero attached hydrogens (tertiary/aromatic N) is 1. The minimum atomic E-state index is -0.590. The molecule has 0 aromatic heterocycles. The van der Waals surface area contributed by atoms with Crippen molar-refractivity contribution < 1.29 is 14.3 Å². The van der Waals surface area contributed by atoms with Gasteiger partial charge in [0.05, 0.1) is 0 Å². The molecule has 0 aliphatic carbocycles. The Morgan fingerprint density at radius 3 is 2.37 bits per heavy atom. The van der Waals surface area contributed by atoms with Gasteiger partial charge >= 0.3 is 0 Å². The molecule has 0 aliphatic heterocycles. The third-order valence-corrected chi connectivity index (χ3v) is 5.21. The molecule has 30 heavy (non-hydrogen) atoms. The zero-order valence-corrected chi connectivity index (χ0v) is 18.8. The van der Waals surface area contributed by atoms with E-state index in [4.69, 9.17) is 4.74 Å². The summed E-state index contributed by atoms with van der Waals surface area (Å²) in [6.45, 7) is 10.8. The Labute approximate surface area is 180 Å². The van der Waals surface area contributed by atoms with E-state index in [1.807, 2.05) is 62.4 Å². The number of carbonyl (C=O) groups excluding carboxylic acids is 2. The van der Waals surface area contributed by atoms with E-state index in [0.29, 0.717) is 18.8 Å². The van der Waals surface area contributed by atoms with E-state index >= 15 is 0 Å². The number of ether oxygens (including phenoxy) is 1. The molecule has 2 amide bonds. The molecule has 0 saturated heterocycles. The summed E-state index contributed by atoms with van der Waals surface area (Å²) in [7, 11) is 0. The van der Waals surface area contributed by atoms with Crippen molar-refractivity contribution in [3.63, 3.8) is 0 Å². The van der Waals surface area contributed by atoms with E-state index in [0.717, 1.165) is 23.1 Å². The van der Waals surface area contributed by atoms with Gasteiger partial charge in [0, 0.05) is 13.1 Å². The van der Waals surface area contributed by atoms with Crippen LogP contribution in [0.3, 0.4) is 0 Å². The van der Waals surface area contributed by atoms with E-state index in [2.05, 4.69) is 19.2 Å². The molecule has 0 radical (unpaired) electrons. The fraction of sp³-hybridized carbons (Fsp3) is 0.440. The molecular formula is C25H34N2O3. The average molecular weight is 411 g/mol. The number of carbonyl (C=O) groups is 2. The van der Waals surface area contributed by atoms with Crippen LogP contribution in [-0.4, -0.2) is 35.9 Å². The minimum Gasteiger partial charge on any atom is -0.483 e. The van der Waals surface area contributed by atoms with E-state index in [1.165, 1.54) is 0 Å². The lowest BCUT2D eigenvalue weighted by Crippen LogP contribution is -2.49. The molecule has 1 N–H and O–H groups in total. The van der Waals surface area contributed by atoms with Gasteiger partial charge in [-0.2, -0.15) is 0 Å². The fourth-order valence-corrected chi connectivity index (χ4v) is 3.26. The SMILES string of the molecule is CCCNC(=O)[C@H](C)N(Cc1ccccc1C)C(=O)COc1ccccc1C(C)C. The van der Waals surface area contributed by atoms with Crippen molar-refractivity contribution >= 4 is 11.8 Å². The summed E-state index contributed by atoms with van der Waals surface area (Å²) in [4.78, 5) is 27.4. The maximum atomic E-state index is 13.2. The first kappa shape index (κ1) is 23.5. The molecule has 0 aliphatic rings. The van der Waals surface area contributed by atoms with Gasteiger partial charge in [0.25, 0.3) is 5.91 Å². The number of aryl methyl sites for hydroxylation is 1. The first-order valence-electron chi connectivity index (χ1n) is 10.7. The summed E-state index contributed by atoms with van der Waals surface area (Å²) in [6, 6.07) is 15.1. The highest BCUT2D eigenvalue weighted by molar-refractivity contribution is 5.88. The largest absolute Gasteiger partial charge is 0.483 e. The van der Waals surface area contributed by atoms with Crippen LogP contribution in [0.5, 0.6) is 5.75 Å². The Morgan fingerprint density at radius 2 is 1.70 bits per heavy atom. The van der Waals surface area contributed by atoms with Gasteiger partial charge in [-0.15, -0.1) is 0 Å². The second-order valence-electron chi connectivity index (χ2n) is 7.90. The molecule has 0 saturated carbocycles. The molecule has 5 nitrogen and oxygen atoms in total. The number of hydrogen-bond acceptors (Lipinski definition) is 3. The first-order valence-corrected chi connectivity index (χ1v) is 10.7. The van der Waals surface area contributed by atoms with Gasteiger partial charge in [-0.3, -0.25) is 9.59 Å². The predicted molar refractivity (Wildman–Crippen MR) is 121 cm³/mol. The summed E-state index contributed by atoms with van der Waals surface area (Å²) in [5.41, 5.74) is 3.16. The minimum absolute atomic E-state index is 0.110. The van der Waals surface area contributed by atoms with Crippen molar-refractivity contribution in [1.82, 2.24) is 10.2 Å². The Morgan fingerprint density at radius 1 is 1.03 bits per heavy atom. The first-order chi connectivity index (χ1) is 14.3. The normalized spacial score (nSPS) is 11.8. The van der Waals surface area contributed by atoms with Crippen molar-refractivity contribution in [2.24, 2.45) is 0 Å². The van der Waals surface area contributed by atoms with E-state index in [9.17, 15) is 9.59 Å². The van der Waals surface area contributed by atoms with Crippen molar-refractivity contribution in [2.75, 3.05) is 13.2 Å². The van der Waals surface area contributed by atoms with Crippen molar-refractivity contribution in [3.05, 3.63) is 65.2 Å². The van der Waals surface area contributed by atoms with Crippen LogP contribution in [0.1, 0.15) is 56.7 Å². The topological polar surface area (TPSA) is 58.6 Å². The van der Waals surface area contributed by atoms with Gasteiger partial charge in [0.15, 0.2) is 6.61 Å². The molecule has 1 atom stereocenters. The Bertz CT molecular complexity index is 848. The second kappa shape index (κ2) is 11.4. The van der Waals surface area contributed by atoms with Crippen LogP contribution < -0.4 is 10.1 Å². The third-order valence-electron chi connectivity index (χ3n) is 5.21. The summed E-state index contributed by atoms with van der Waals surface area (Å²) in [5, 5.41) is 2.89. The maximum Gasteiger partial charge on any atom is 0.261 e. The monoisotopic (exact) mass is 410 g/mol. The zero-order valence-electron chi connectivity index (χ0n) is 18.8. The summed E-state index contributed by atoms with van der Waals surface area (Å²) in [5.74, 6) is 0.634. The van der Waals surface area contributed by atoms with Crippen LogP contribution >= 0.6 is 0 Å². The summed E-state index contributed by atoms with van der Waals surface area (Å²) in [6.07, 6.45) is 0.847. The van der Waals surface area contributed by atoms with E-state index < -0.39 is 6.04 Å². The Balaban J connectivity index is 2.19. The van der Waals surface area contributed by atoms with Crippen LogP contribution in [0.25, 0.3) is 0 Å². The van der Waals surface area contributed by atoms with Crippen LogP contribution in [0, 0.1) is 6.92 Å². The number of amides is 2. The average Bonchev–Trinajstić information content (AvgIpc) is 2.74. The molecule has 0 bridgehead atoms. The summed E-state index contributed by atoms with van der Waals surface area (Å²) < 4.78 is 5.90. The quantitative estimate of drug-likeness (QED) is 0.630.